The number of methoxy groups -OCH3 is 1. The molecule has 0 saturated carbocycles. The second-order valence-electron chi connectivity index (χ2n) is 4.84. The molecule has 2 rings (SSSR count). The van der Waals surface area contributed by atoms with Gasteiger partial charge in [0.25, 0.3) is 0 Å². The van der Waals surface area contributed by atoms with Gasteiger partial charge in [-0.05, 0) is 36.4 Å². The van der Waals surface area contributed by atoms with E-state index in [9.17, 15) is 4.79 Å². The summed E-state index contributed by atoms with van der Waals surface area (Å²) in [5.74, 6) is 0.810. The molecule has 0 aliphatic heterocycles. The Morgan fingerprint density at radius 1 is 1.04 bits per heavy atom. The summed E-state index contributed by atoms with van der Waals surface area (Å²) >= 11 is 0. The standard InChI is InChI=1S/C19H18N2O4/c1-23-19(22)15(13-20)14-21-16-7-9-18(10-8-16)25-12-11-24-17-5-3-2-4-6-17/h2-10,14,21H,11-12H2,1H3/b15-14-. The first-order valence-electron chi connectivity index (χ1n) is 7.59. The highest BCUT2D eigenvalue weighted by molar-refractivity contribution is 5.93. The Morgan fingerprint density at radius 3 is 2.20 bits per heavy atom. The molecule has 0 spiro atoms. The molecule has 2 aromatic rings. The number of carbonyl (C=O) groups is 1. The lowest BCUT2D eigenvalue weighted by Gasteiger charge is -2.09. The SMILES string of the molecule is COC(=O)/C(C#N)=C\Nc1ccc(OCCOc2ccccc2)cc1. The lowest BCUT2D eigenvalue weighted by molar-refractivity contribution is -0.135. The highest BCUT2D eigenvalue weighted by Gasteiger charge is 2.07. The van der Waals surface area contributed by atoms with Crippen LogP contribution >= 0.6 is 0 Å². The van der Waals surface area contributed by atoms with Gasteiger partial charge >= 0.3 is 5.97 Å². The van der Waals surface area contributed by atoms with Gasteiger partial charge in [-0.2, -0.15) is 5.26 Å². The van der Waals surface area contributed by atoms with Gasteiger partial charge in [-0.15, -0.1) is 0 Å². The number of nitrogens with zero attached hydrogens (tertiary/aromatic N) is 1. The van der Waals surface area contributed by atoms with Gasteiger partial charge in [-0.1, -0.05) is 18.2 Å². The van der Waals surface area contributed by atoms with Crippen LogP contribution in [0.2, 0.25) is 0 Å². The van der Waals surface area contributed by atoms with Crippen LogP contribution in [0.5, 0.6) is 11.5 Å². The highest BCUT2D eigenvalue weighted by atomic mass is 16.5. The lowest BCUT2D eigenvalue weighted by Crippen LogP contribution is -2.08. The molecular weight excluding hydrogens is 320 g/mol. The number of para-hydroxylation sites is 1. The molecule has 0 aromatic heterocycles. The second kappa shape index (κ2) is 9.63. The average Bonchev–Trinajstić information content (AvgIpc) is 2.67. The molecule has 0 radical (unpaired) electrons. The van der Waals surface area contributed by atoms with E-state index in [2.05, 4.69) is 10.1 Å². The van der Waals surface area contributed by atoms with Crippen LogP contribution < -0.4 is 14.8 Å². The summed E-state index contributed by atoms with van der Waals surface area (Å²) in [5, 5.41) is 11.7. The van der Waals surface area contributed by atoms with Gasteiger partial charge in [-0.25, -0.2) is 4.79 Å². The predicted octanol–water partition coefficient (Wildman–Crippen LogP) is 3.14. The minimum Gasteiger partial charge on any atom is -0.490 e. The van der Waals surface area contributed by atoms with Crippen molar-refractivity contribution in [2.75, 3.05) is 25.6 Å². The molecule has 0 saturated heterocycles. The molecule has 6 heteroatoms. The van der Waals surface area contributed by atoms with Crippen LogP contribution in [-0.4, -0.2) is 26.3 Å². The molecule has 0 bridgehead atoms. The molecule has 0 heterocycles. The molecule has 0 atom stereocenters. The van der Waals surface area contributed by atoms with Crippen LogP contribution in [0.1, 0.15) is 0 Å². The van der Waals surface area contributed by atoms with E-state index in [1.165, 1.54) is 13.3 Å². The van der Waals surface area contributed by atoms with Crippen LogP contribution in [0.25, 0.3) is 0 Å². The van der Waals surface area contributed by atoms with Crippen LogP contribution in [-0.2, 0) is 9.53 Å². The molecule has 25 heavy (non-hydrogen) atoms. The Hall–Kier alpha value is -3.46. The summed E-state index contributed by atoms with van der Waals surface area (Å²) in [6.45, 7) is 0.861. The second-order valence-corrected chi connectivity index (χ2v) is 4.84. The zero-order chi connectivity index (χ0) is 17.9. The first kappa shape index (κ1) is 17.9. The van der Waals surface area contributed by atoms with E-state index in [-0.39, 0.29) is 5.57 Å². The third-order valence-electron chi connectivity index (χ3n) is 3.13. The van der Waals surface area contributed by atoms with Crippen LogP contribution in [0.15, 0.2) is 66.4 Å². The maximum Gasteiger partial charge on any atom is 0.350 e. The normalized spacial score (nSPS) is 10.5. The topological polar surface area (TPSA) is 80.6 Å². The fourth-order valence-electron chi connectivity index (χ4n) is 1.89. The Morgan fingerprint density at radius 2 is 1.64 bits per heavy atom. The molecule has 0 fully saturated rings. The van der Waals surface area contributed by atoms with Gasteiger partial charge in [0.2, 0.25) is 0 Å². The predicted molar refractivity (Wildman–Crippen MR) is 93.2 cm³/mol. The average molecular weight is 338 g/mol. The molecule has 0 aliphatic rings. The molecule has 1 N–H and O–H groups in total. The number of carbonyl (C=O) groups excluding carboxylic acids is 1. The number of rotatable bonds is 8. The number of hydrogen-bond acceptors (Lipinski definition) is 6. The van der Waals surface area contributed by atoms with Crippen LogP contribution in [0.4, 0.5) is 5.69 Å². The molecular formula is C19H18N2O4. The van der Waals surface area contributed by atoms with Crippen molar-refractivity contribution < 1.29 is 19.0 Å². The smallest absolute Gasteiger partial charge is 0.350 e. The summed E-state index contributed by atoms with van der Waals surface area (Å²) in [7, 11) is 1.22. The fourth-order valence-corrected chi connectivity index (χ4v) is 1.89. The highest BCUT2D eigenvalue weighted by Crippen LogP contribution is 2.16. The summed E-state index contributed by atoms with van der Waals surface area (Å²) in [6.07, 6.45) is 1.30. The Kier molecular flexibility index (Phi) is 6.89. The summed E-state index contributed by atoms with van der Waals surface area (Å²) < 4.78 is 15.6. The van der Waals surface area contributed by atoms with E-state index in [1.807, 2.05) is 30.3 Å². The summed E-state index contributed by atoms with van der Waals surface area (Å²) in [6, 6.07) is 18.4. The van der Waals surface area contributed by atoms with Gasteiger partial charge in [-0.3, -0.25) is 0 Å². The molecule has 6 nitrogen and oxygen atoms in total. The van der Waals surface area contributed by atoms with Crippen molar-refractivity contribution >= 4 is 11.7 Å². The summed E-state index contributed by atoms with van der Waals surface area (Å²) in [4.78, 5) is 11.3. The third-order valence-corrected chi connectivity index (χ3v) is 3.13. The van der Waals surface area contributed by atoms with Crippen LogP contribution in [0.3, 0.4) is 0 Å². The minimum absolute atomic E-state index is 0.110. The van der Waals surface area contributed by atoms with Gasteiger partial charge < -0.3 is 19.5 Å². The summed E-state index contributed by atoms with van der Waals surface area (Å²) in [5.41, 5.74) is 0.602. The van der Waals surface area contributed by atoms with Gasteiger partial charge in [0, 0.05) is 11.9 Å². The maximum absolute atomic E-state index is 11.3. The van der Waals surface area contributed by atoms with Gasteiger partial charge in [0.15, 0.2) is 5.57 Å². The fraction of sp³-hybridized carbons (Fsp3) is 0.158. The van der Waals surface area contributed by atoms with Crippen molar-refractivity contribution in [3.8, 4) is 17.6 Å². The van der Waals surface area contributed by atoms with Gasteiger partial charge in [0.05, 0.1) is 7.11 Å². The van der Waals surface area contributed by atoms with E-state index < -0.39 is 5.97 Å². The molecule has 0 amide bonds. The van der Waals surface area contributed by atoms with E-state index in [0.717, 1.165) is 5.75 Å². The van der Waals surface area contributed by atoms with Crippen molar-refractivity contribution in [3.63, 3.8) is 0 Å². The quantitative estimate of drug-likeness (QED) is 0.345. The number of anilines is 1. The minimum atomic E-state index is -0.687. The van der Waals surface area contributed by atoms with Crippen molar-refractivity contribution in [2.45, 2.75) is 0 Å². The lowest BCUT2D eigenvalue weighted by atomic mass is 10.3. The third kappa shape index (κ3) is 5.92. The first-order valence-corrected chi connectivity index (χ1v) is 7.59. The van der Waals surface area contributed by atoms with E-state index >= 15 is 0 Å². The van der Waals surface area contributed by atoms with E-state index in [1.54, 1.807) is 30.3 Å². The number of esters is 1. The number of benzene rings is 2. The van der Waals surface area contributed by atoms with E-state index in [0.29, 0.717) is 24.7 Å². The largest absolute Gasteiger partial charge is 0.490 e. The number of nitrogens with one attached hydrogen (secondary N) is 1. The van der Waals surface area contributed by atoms with Crippen molar-refractivity contribution in [1.82, 2.24) is 0 Å². The first-order chi connectivity index (χ1) is 12.2. The molecule has 128 valence electrons. The zero-order valence-corrected chi connectivity index (χ0v) is 13.8. The van der Waals surface area contributed by atoms with Crippen molar-refractivity contribution in [1.29, 1.82) is 5.26 Å². The Bertz CT molecular complexity index is 749. The number of ether oxygens (including phenoxy) is 3. The van der Waals surface area contributed by atoms with Crippen LogP contribution in [0, 0.1) is 11.3 Å². The zero-order valence-electron chi connectivity index (χ0n) is 13.8. The Balaban J connectivity index is 1.79. The molecule has 0 aliphatic carbocycles. The molecule has 2 aromatic carbocycles. The molecule has 0 unspecified atom stereocenters. The van der Waals surface area contributed by atoms with E-state index in [4.69, 9.17) is 14.7 Å². The number of nitriles is 1. The van der Waals surface area contributed by atoms with Gasteiger partial charge in [0.1, 0.15) is 30.8 Å². The Labute approximate surface area is 146 Å². The number of hydrogen-bond donors (Lipinski definition) is 1. The van der Waals surface area contributed by atoms with Crippen molar-refractivity contribution in [2.24, 2.45) is 0 Å². The maximum atomic E-state index is 11.3. The van der Waals surface area contributed by atoms with Crippen molar-refractivity contribution in [3.05, 3.63) is 66.4 Å². The monoisotopic (exact) mass is 338 g/mol.